The third-order valence-electron chi connectivity index (χ3n) is 4.58. The summed E-state index contributed by atoms with van der Waals surface area (Å²) in [7, 11) is 0.555. The van der Waals surface area contributed by atoms with E-state index >= 15 is 0 Å². The SMILES string of the molecule is COC(=O)c1cccc(S(=O)(=O)N(C)C(c2ccc(Cl)cc2)c2nccn2C)c1. The number of hydrogen-bond acceptors (Lipinski definition) is 5. The van der Waals surface area contributed by atoms with E-state index in [4.69, 9.17) is 16.3 Å². The number of carbonyl (C=O) groups excluding carboxylic acids is 1. The Kier molecular flexibility index (Phi) is 6.07. The number of benzene rings is 2. The Hall–Kier alpha value is -2.68. The Balaban J connectivity index is 2.10. The molecule has 0 bridgehead atoms. The maximum Gasteiger partial charge on any atom is 0.337 e. The van der Waals surface area contributed by atoms with Gasteiger partial charge in [-0.1, -0.05) is 29.8 Å². The number of sulfonamides is 1. The van der Waals surface area contributed by atoms with Crippen LogP contribution in [0.5, 0.6) is 0 Å². The molecule has 0 N–H and O–H groups in total. The van der Waals surface area contributed by atoms with Crippen molar-refractivity contribution in [2.24, 2.45) is 7.05 Å². The van der Waals surface area contributed by atoms with Gasteiger partial charge < -0.3 is 9.30 Å². The summed E-state index contributed by atoms with van der Waals surface area (Å²) in [4.78, 5) is 16.2. The van der Waals surface area contributed by atoms with Gasteiger partial charge in [-0.3, -0.25) is 0 Å². The molecule has 0 saturated carbocycles. The quantitative estimate of drug-likeness (QED) is 0.557. The second-order valence-corrected chi connectivity index (χ2v) is 8.83. The summed E-state index contributed by atoms with van der Waals surface area (Å²) in [5.74, 6) is -0.0643. The molecular weight excluding hydrogens is 414 g/mol. The third kappa shape index (κ3) is 4.19. The van der Waals surface area contributed by atoms with Gasteiger partial charge in [-0.15, -0.1) is 0 Å². The normalized spacial score (nSPS) is 12.7. The van der Waals surface area contributed by atoms with Crippen LogP contribution < -0.4 is 0 Å². The summed E-state index contributed by atoms with van der Waals surface area (Å²) in [6.45, 7) is 0. The zero-order valence-corrected chi connectivity index (χ0v) is 17.7. The van der Waals surface area contributed by atoms with E-state index in [2.05, 4.69) is 4.98 Å². The van der Waals surface area contributed by atoms with Crippen molar-refractivity contribution in [1.29, 1.82) is 0 Å². The number of hydrogen-bond donors (Lipinski definition) is 0. The maximum absolute atomic E-state index is 13.4. The molecule has 0 spiro atoms. The molecule has 0 radical (unpaired) electrons. The first-order chi connectivity index (χ1) is 13.8. The number of halogens is 1. The van der Waals surface area contributed by atoms with Crippen LogP contribution in [0.2, 0.25) is 5.02 Å². The van der Waals surface area contributed by atoms with Gasteiger partial charge in [0, 0.05) is 31.5 Å². The van der Waals surface area contributed by atoms with Crippen LogP contribution in [0.4, 0.5) is 0 Å². The summed E-state index contributed by atoms with van der Waals surface area (Å²) < 4.78 is 34.5. The molecule has 3 aromatic rings. The van der Waals surface area contributed by atoms with E-state index in [0.717, 1.165) is 0 Å². The molecule has 1 unspecified atom stereocenters. The first-order valence-electron chi connectivity index (χ1n) is 8.65. The highest BCUT2D eigenvalue weighted by atomic mass is 35.5. The average Bonchev–Trinajstić information content (AvgIpc) is 3.14. The number of ether oxygens (including phenoxy) is 1. The van der Waals surface area contributed by atoms with Crippen LogP contribution >= 0.6 is 11.6 Å². The van der Waals surface area contributed by atoms with Gasteiger partial charge in [-0.2, -0.15) is 4.31 Å². The van der Waals surface area contributed by atoms with Crippen LogP contribution in [-0.4, -0.2) is 42.4 Å². The number of imidazole rings is 1. The number of aromatic nitrogens is 2. The van der Waals surface area contributed by atoms with Crippen molar-refractivity contribution in [3.63, 3.8) is 0 Å². The molecule has 0 aliphatic carbocycles. The van der Waals surface area contributed by atoms with Gasteiger partial charge in [0.25, 0.3) is 0 Å². The molecule has 7 nitrogen and oxygen atoms in total. The molecule has 0 aliphatic heterocycles. The Morgan fingerprint density at radius 1 is 1.21 bits per heavy atom. The average molecular weight is 434 g/mol. The van der Waals surface area contributed by atoms with Crippen molar-refractivity contribution >= 4 is 27.6 Å². The highest BCUT2D eigenvalue weighted by Gasteiger charge is 2.33. The lowest BCUT2D eigenvalue weighted by atomic mass is 10.1. The first-order valence-corrected chi connectivity index (χ1v) is 10.5. The van der Waals surface area contributed by atoms with Gasteiger partial charge in [0.15, 0.2) is 0 Å². The topological polar surface area (TPSA) is 81.5 Å². The molecule has 2 aromatic carbocycles. The first kappa shape index (κ1) is 21.0. The van der Waals surface area contributed by atoms with Gasteiger partial charge in [0.1, 0.15) is 11.9 Å². The van der Waals surface area contributed by atoms with Crippen molar-refractivity contribution in [1.82, 2.24) is 13.9 Å². The summed E-state index contributed by atoms with van der Waals surface area (Å²) in [6, 6.07) is 12.0. The molecule has 3 rings (SSSR count). The minimum Gasteiger partial charge on any atom is -0.465 e. The highest BCUT2D eigenvalue weighted by molar-refractivity contribution is 7.89. The Labute approximate surface area is 174 Å². The monoisotopic (exact) mass is 433 g/mol. The lowest BCUT2D eigenvalue weighted by Crippen LogP contribution is -2.33. The number of rotatable bonds is 6. The minimum absolute atomic E-state index is 0.0175. The molecule has 29 heavy (non-hydrogen) atoms. The fourth-order valence-corrected chi connectivity index (χ4v) is 4.49. The largest absolute Gasteiger partial charge is 0.465 e. The van der Waals surface area contributed by atoms with Crippen LogP contribution in [0, 0.1) is 0 Å². The van der Waals surface area contributed by atoms with Crippen LogP contribution in [0.1, 0.15) is 27.8 Å². The third-order valence-corrected chi connectivity index (χ3v) is 6.66. The smallest absolute Gasteiger partial charge is 0.337 e. The molecule has 9 heteroatoms. The Bertz CT molecular complexity index is 1130. The number of nitrogens with zero attached hydrogens (tertiary/aromatic N) is 3. The van der Waals surface area contributed by atoms with Gasteiger partial charge >= 0.3 is 5.97 Å². The molecule has 1 atom stereocenters. The molecule has 1 aromatic heterocycles. The van der Waals surface area contributed by atoms with E-state index < -0.39 is 22.0 Å². The van der Waals surface area contributed by atoms with Gasteiger partial charge in [-0.05, 0) is 35.9 Å². The minimum atomic E-state index is -3.96. The van der Waals surface area contributed by atoms with E-state index in [1.54, 1.807) is 48.3 Å². The standard InChI is InChI=1S/C20H20ClN3O4S/c1-23-12-11-22-19(23)18(14-7-9-16(21)10-8-14)24(2)29(26,27)17-6-4-5-15(13-17)20(25)28-3/h4-13,18H,1-3H3. The highest BCUT2D eigenvalue weighted by Crippen LogP contribution is 2.32. The molecular formula is C20H20ClN3O4S. The van der Waals surface area contributed by atoms with Crippen LogP contribution in [0.25, 0.3) is 0 Å². The lowest BCUT2D eigenvalue weighted by Gasteiger charge is -2.27. The van der Waals surface area contributed by atoms with Crippen molar-refractivity contribution in [3.05, 3.63) is 82.9 Å². The zero-order chi connectivity index (χ0) is 21.2. The van der Waals surface area contributed by atoms with Crippen molar-refractivity contribution < 1.29 is 17.9 Å². The molecule has 0 amide bonds. The fraction of sp³-hybridized carbons (Fsp3) is 0.200. The summed E-state index contributed by atoms with van der Waals surface area (Å²) in [6.07, 6.45) is 3.35. The number of methoxy groups -OCH3 is 1. The second kappa shape index (κ2) is 8.36. The Morgan fingerprint density at radius 3 is 2.48 bits per heavy atom. The second-order valence-electron chi connectivity index (χ2n) is 6.39. The van der Waals surface area contributed by atoms with Gasteiger partial charge in [-0.25, -0.2) is 18.2 Å². The van der Waals surface area contributed by atoms with Gasteiger partial charge in [0.05, 0.1) is 17.6 Å². The predicted molar refractivity (Wildman–Crippen MR) is 109 cm³/mol. The van der Waals surface area contributed by atoms with E-state index in [9.17, 15) is 13.2 Å². The van der Waals surface area contributed by atoms with E-state index in [0.29, 0.717) is 16.4 Å². The van der Waals surface area contributed by atoms with Crippen LogP contribution in [-0.2, 0) is 21.8 Å². The summed E-state index contributed by atoms with van der Waals surface area (Å²) in [5.41, 5.74) is 0.862. The van der Waals surface area contributed by atoms with E-state index in [1.807, 2.05) is 0 Å². The summed E-state index contributed by atoms with van der Waals surface area (Å²) in [5, 5.41) is 0.545. The lowest BCUT2D eigenvalue weighted by molar-refractivity contribution is 0.0600. The number of aryl methyl sites for hydroxylation is 1. The van der Waals surface area contributed by atoms with Crippen molar-refractivity contribution in [2.45, 2.75) is 10.9 Å². The fourth-order valence-electron chi connectivity index (χ4n) is 3.01. The molecule has 0 fully saturated rings. The van der Waals surface area contributed by atoms with Crippen molar-refractivity contribution in [3.8, 4) is 0 Å². The zero-order valence-electron chi connectivity index (χ0n) is 16.1. The number of esters is 1. The molecule has 1 heterocycles. The van der Waals surface area contributed by atoms with Crippen LogP contribution in [0.3, 0.4) is 0 Å². The van der Waals surface area contributed by atoms with Crippen molar-refractivity contribution in [2.75, 3.05) is 14.2 Å². The maximum atomic E-state index is 13.4. The molecule has 0 saturated heterocycles. The van der Waals surface area contributed by atoms with E-state index in [1.165, 1.54) is 42.7 Å². The van der Waals surface area contributed by atoms with Crippen LogP contribution in [0.15, 0.2) is 65.8 Å². The summed E-state index contributed by atoms with van der Waals surface area (Å²) >= 11 is 6.00. The molecule has 0 aliphatic rings. The van der Waals surface area contributed by atoms with E-state index in [-0.39, 0.29) is 10.5 Å². The predicted octanol–water partition coefficient (Wildman–Crippen LogP) is 3.27. The Morgan fingerprint density at radius 2 is 1.90 bits per heavy atom. The van der Waals surface area contributed by atoms with Gasteiger partial charge in [0.2, 0.25) is 10.0 Å². The number of carbonyl (C=O) groups is 1. The molecule has 152 valence electrons.